The van der Waals surface area contributed by atoms with Crippen LogP contribution in [-0.2, 0) is 17.7 Å². The zero-order valence-corrected chi connectivity index (χ0v) is 13.8. The molecule has 118 valence electrons. The molecule has 0 bridgehead atoms. The van der Waals surface area contributed by atoms with Gasteiger partial charge in [-0.3, -0.25) is 4.90 Å². The zero-order chi connectivity index (χ0) is 15.7. The topological polar surface area (TPSA) is 68.5 Å². The number of anilines is 1. The van der Waals surface area contributed by atoms with Crippen molar-refractivity contribution in [3.63, 3.8) is 0 Å². The second kappa shape index (κ2) is 6.22. The zero-order valence-electron chi connectivity index (χ0n) is 13.0. The maximum Gasteiger partial charge on any atom is 0.350 e. The molecule has 0 amide bonds. The molecule has 0 aliphatic carbocycles. The number of rotatable bonds is 4. The number of nitrogens with two attached hydrogens (primary N) is 1. The molecule has 2 N–H and O–H groups in total. The standard InChI is InChI=1S/C16H21N3O2S/c1-3-6-19-7-5-12-10(9-19)8-11-13(17)14(16(20)21-4-2)22-15(11)18-12/h8H,3-7,9,17H2,1-2H3. The fourth-order valence-corrected chi connectivity index (χ4v) is 3.90. The maximum atomic E-state index is 12.0. The molecular formula is C16H21N3O2S. The normalized spacial score (nSPS) is 15.0. The van der Waals surface area contributed by atoms with E-state index >= 15 is 0 Å². The van der Waals surface area contributed by atoms with Crippen molar-refractivity contribution in [2.75, 3.05) is 25.4 Å². The minimum absolute atomic E-state index is 0.350. The van der Waals surface area contributed by atoms with E-state index in [9.17, 15) is 4.79 Å². The first-order valence-electron chi connectivity index (χ1n) is 7.74. The lowest BCUT2D eigenvalue weighted by Gasteiger charge is -2.27. The average molecular weight is 319 g/mol. The lowest BCUT2D eigenvalue weighted by Crippen LogP contribution is -2.31. The Hall–Kier alpha value is -1.66. The fourth-order valence-electron chi connectivity index (χ4n) is 2.91. The molecular weight excluding hydrogens is 298 g/mol. The summed E-state index contributed by atoms with van der Waals surface area (Å²) in [6, 6.07) is 2.11. The number of thiophene rings is 1. The molecule has 0 atom stereocenters. The highest BCUT2D eigenvalue weighted by Crippen LogP contribution is 2.35. The number of nitrogens with zero attached hydrogens (tertiary/aromatic N) is 2. The molecule has 0 spiro atoms. The summed E-state index contributed by atoms with van der Waals surface area (Å²) in [7, 11) is 0. The number of fused-ring (bicyclic) bond motifs is 2. The summed E-state index contributed by atoms with van der Waals surface area (Å²) < 4.78 is 5.07. The molecule has 3 rings (SSSR count). The molecule has 0 aromatic carbocycles. The molecule has 0 unspecified atom stereocenters. The van der Waals surface area contributed by atoms with Crippen LogP contribution >= 0.6 is 11.3 Å². The van der Waals surface area contributed by atoms with Crippen LogP contribution in [0.2, 0.25) is 0 Å². The predicted octanol–water partition coefficient (Wildman–Crippen LogP) is 2.82. The van der Waals surface area contributed by atoms with E-state index in [1.807, 2.05) is 0 Å². The van der Waals surface area contributed by atoms with Crippen molar-refractivity contribution in [1.29, 1.82) is 0 Å². The Morgan fingerprint density at radius 1 is 1.50 bits per heavy atom. The van der Waals surface area contributed by atoms with Gasteiger partial charge in [-0.2, -0.15) is 0 Å². The second-order valence-electron chi connectivity index (χ2n) is 5.54. The number of aromatic nitrogens is 1. The van der Waals surface area contributed by atoms with Gasteiger partial charge in [-0.25, -0.2) is 9.78 Å². The number of carbonyl (C=O) groups excluding carboxylic acids is 1. The monoisotopic (exact) mass is 319 g/mol. The van der Waals surface area contributed by atoms with E-state index in [-0.39, 0.29) is 5.97 Å². The van der Waals surface area contributed by atoms with Crippen molar-refractivity contribution in [2.24, 2.45) is 0 Å². The number of pyridine rings is 1. The number of hydrogen-bond donors (Lipinski definition) is 1. The van der Waals surface area contributed by atoms with E-state index < -0.39 is 0 Å². The minimum Gasteiger partial charge on any atom is -0.462 e. The summed E-state index contributed by atoms with van der Waals surface area (Å²) in [5.74, 6) is -0.353. The van der Waals surface area contributed by atoms with Crippen LogP contribution in [-0.4, -0.2) is 35.5 Å². The van der Waals surface area contributed by atoms with E-state index in [1.165, 1.54) is 16.9 Å². The number of carbonyl (C=O) groups is 1. The fraction of sp³-hybridized carbons (Fsp3) is 0.500. The van der Waals surface area contributed by atoms with E-state index in [0.29, 0.717) is 17.2 Å². The summed E-state index contributed by atoms with van der Waals surface area (Å²) >= 11 is 1.33. The van der Waals surface area contributed by atoms with Gasteiger partial charge in [0.2, 0.25) is 0 Å². The van der Waals surface area contributed by atoms with Crippen LogP contribution in [0.3, 0.4) is 0 Å². The van der Waals surface area contributed by atoms with Gasteiger partial charge in [-0.15, -0.1) is 11.3 Å². The third kappa shape index (κ3) is 2.68. The third-order valence-corrected chi connectivity index (χ3v) is 5.04. The first-order chi connectivity index (χ1) is 10.6. The van der Waals surface area contributed by atoms with Crippen molar-refractivity contribution in [3.05, 3.63) is 22.2 Å². The Kier molecular flexibility index (Phi) is 4.31. The number of hydrogen-bond acceptors (Lipinski definition) is 6. The average Bonchev–Trinajstić information content (AvgIpc) is 2.82. The van der Waals surface area contributed by atoms with Crippen LogP contribution in [0.15, 0.2) is 6.07 Å². The Labute approximate surface area is 134 Å². The largest absolute Gasteiger partial charge is 0.462 e. The van der Waals surface area contributed by atoms with Crippen LogP contribution in [0.1, 0.15) is 41.2 Å². The van der Waals surface area contributed by atoms with Crippen LogP contribution in [0.5, 0.6) is 0 Å². The smallest absolute Gasteiger partial charge is 0.350 e. The van der Waals surface area contributed by atoms with Crippen LogP contribution in [0, 0.1) is 0 Å². The lowest BCUT2D eigenvalue weighted by atomic mass is 10.0. The molecule has 0 radical (unpaired) electrons. The first-order valence-corrected chi connectivity index (χ1v) is 8.55. The summed E-state index contributed by atoms with van der Waals surface area (Å²) in [6.45, 7) is 7.40. The molecule has 1 aliphatic rings. The summed E-state index contributed by atoms with van der Waals surface area (Å²) in [5.41, 5.74) is 9.02. The first kappa shape index (κ1) is 15.2. The molecule has 22 heavy (non-hydrogen) atoms. The SMILES string of the molecule is CCCN1CCc2nc3sc(C(=O)OCC)c(N)c3cc2C1. The summed E-state index contributed by atoms with van der Waals surface area (Å²) in [5, 5.41) is 0.880. The second-order valence-corrected chi connectivity index (χ2v) is 6.54. The van der Waals surface area contributed by atoms with Crippen molar-refractivity contribution < 1.29 is 9.53 Å². The van der Waals surface area contributed by atoms with Crippen LogP contribution in [0.4, 0.5) is 5.69 Å². The van der Waals surface area contributed by atoms with Gasteiger partial charge in [-0.1, -0.05) is 6.92 Å². The highest BCUT2D eigenvalue weighted by Gasteiger charge is 2.22. The van der Waals surface area contributed by atoms with Gasteiger partial charge in [0.25, 0.3) is 0 Å². The molecule has 6 heteroatoms. The van der Waals surface area contributed by atoms with E-state index in [2.05, 4.69) is 17.9 Å². The Balaban J connectivity index is 1.99. The lowest BCUT2D eigenvalue weighted by molar-refractivity contribution is 0.0533. The summed E-state index contributed by atoms with van der Waals surface area (Å²) in [4.78, 5) is 20.4. The van der Waals surface area contributed by atoms with Crippen LogP contribution in [0.25, 0.3) is 10.2 Å². The Morgan fingerprint density at radius 2 is 2.32 bits per heavy atom. The van der Waals surface area contributed by atoms with E-state index in [0.717, 1.165) is 48.4 Å². The highest BCUT2D eigenvalue weighted by molar-refractivity contribution is 7.21. The van der Waals surface area contributed by atoms with Gasteiger partial charge < -0.3 is 10.5 Å². The van der Waals surface area contributed by atoms with Gasteiger partial charge in [0.1, 0.15) is 9.71 Å². The Bertz CT molecular complexity index is 711. The Morgan fingerprint density at radius 3 is 3.05 bits per heavy atom. The number of esters is 1. The minimum atomic E-state index is -0.353. The quantitative estimate of drug-likeness (QED) is 0.878. The van der Waals surface area contributed by atoms with E-state index in [1.54, 1.807) is 6.92 Å². The van der Waals surface area contributed by atoms with E-state index in [4.69, 9.17) is 15.5 Å². The van der Waals surface area contributed by atoms with Gasteiger partial charge >= 0.3 is 5.97 Å². The molecule has 3 heterocycles. The molecule has 2 aromatic heterocycles. The van der Waals surface area contributed by atoms with Gasteiger partial charge in [0.15, 0.2) is 0 Å². The van der Waals surface area contributed by atoms with Gasteiger partial charge in [-0.05, 0) is 31.5 Å². The van der Waals surface area contributed by atoms with Crippen molar-refractivity contribution in [1.82, 2.24) is 9.88 Å². The third-order valence-electron chi connectivity index (χ3n) is 3.95. The number of nitrogen functional groups attached to an aromatic ring is 1. The molecule has 0 saturated heterocycles. The molecule has 1 aliphatic heterocycles. The molecule has 5 nitrogen and oxygen atoms in total. The van der Waals surface area contributed by atoms with Gasteiger partial charge in [0.05, 0.1) is 12.3 Å². The molecule has 0 fully saturated rings. The van der Waals surface area contributed by atoms with Crippen molar-refractivity contribution >= 4 is 33.2 Å². The molecule has 0 saturated carbocycles. The van der Waals surface area contributed by atoms with Crippen LogP contribution < -0.4 is 5.73 Å². The predicted molar refractivity (Wildman–Crippen MR) is 89.3 cm³/mol. The van der Waals surface area contributed by atoms with Crippen molar-refractivity contribution in [3.8, 4) is 0 Å². The van der Waals surface area contributed by atoms with Crippen molar-refractivity contribution in [2.45, 2.75) is 33.2 Å². The number of ether oxygens (including phenoxy) is 1. The summed E-state index contributed by atoms with van der Waals surface area (Å²) in [6.07, 6.45) is 2.11. The molecule has 2 aromatic rings. The van der Waals surface area contributed by atoms with Gasteiger partial charge in [0, 0.05) is 30.6 Å². The maximum absolute atomic E-state index is 12.0. The highest BCUT2D eigenvalue weighted by atomic mass is 32.1.